The smallest absolute Gasteiger partial charge is 0.416 e. The number of aryl methyl sites for hydroxylation is 1. The molecule has 1 aromatic rings. The van der Waals surface area contributed by atoms with E-state index >= 15 is 0 Å². The van der Waals surface area contributed by atoms with Gasteiger partial charge in [0.25, 0.3) is 0 Å². The zero-order chi connectivity index (χ0) is 11.7. The van der Waals surface area contributed by atoms with Crippen molar-refractivity contribution in [1.82, 2.24) is 9.97 Å². The number of hydrogen-bond donors (Lipinski definition) is 1. The molecule has 1 saturated heterocycles. The predicted octanol–water partition coefficient (Wildman–Crippen LogP) is 0.491. The van der Waals surface area contributed by atoms with Gasteiger partial charge in [-0.3, -0.25) is 4.90 Å². The van der Waals surface area contributed by atoms with Crippen LogP contribution in [0.5, 0.6) is 0 Å². The van der Waals surface area contributed by atoms with E-state index in [0.29, 0.717) is 11.6 Å². The lowest BCUT2D eigenvalue weighted by molar-refractivity contribution is 0.142. The molecule has 2 atom stereocenters. The number of cyclic esters (lactones) is 1. The molecule has 0 aromatic carbocycles. The van der Waals surface area contributed by atoms with Crippen LogP contribution in [-0.2, 0) is 4.74 Å². The first kappa shape index (κ1) is 10.8. The number of nitrogens with zero attached hydrogens (tertiary/aromatic N) is 3. The van der Waals surface area contributed by atoms with Gasteiger partial charge >= 0.3 is 6.09 Å². The average molecular weight is 223 g/mol. The molecule has 1 aliphatic heterocycles. The maximum Gasteiger partial charge on any atom is 0.416 e. The Labute approximate surface area is 92.9 Å². The zero-order valence-electron chi connectivity index (χ0n) is 9.12. The van der Waals surface area contributed by atoms with Crippen LogP contribution in [0.25, 0.3) is 0 Å². The molecule has 1 aliphatic rings. The van der Waals surface area contributed by atoms with Gasteiger partial charge in [-0.1, -0.05) is 0 Å². The first-order valence-corrected chi connectivity index (χ1v) is 5.03. The number of carbonyl (C=O) groups excluding carboxylic acids is 1. The highest BCUT2D eigenvalue weighted by Crippen LogP contribution is 2.22. The third-order valence-electron chi connectivity index (χ3n) is 2.47. The van der Waals surface area contributed by atoms with Crippen LogP contribution in [0.15, 0.2) is 12.3 Å². The fraction of sp³-hybridized carbons (Fsp3) is 0.500. The lowest BCUT2D eigenvalue weighted by Gasteiger charge is -2.22. The first-order chi connectivity index (χ1) is 7.59. The summed E-state index contributed by atoms with van der Waals surface area (Å²) in [5, 5.41) is 9.55. The van der Waals surface area contributed by atoms with E-state index in [2.05, 4.69) is 9.97 Å². The summed E-state index contributed by atoms with van der Waals surface area (Å²) in [6.45, 7) is 3.54. The van der Waals surface area contributed by atoms with Gasteiger partial charge in [0.1, 0.15) is 24.3 Å². The van der Waals surface area contributed by atoms with Crippen molar-refractivity contribution in [3.63, 3.8) is 0 Å². The summed E-state index contributed by atoms with van der Waals surface area (Å²) in [5.41, 5.74) is 0. The molecule has 0 spiro atoms. The predicted molar refractivity (Wildman–Crippen MR) is 56.1 cm³/mol. The van der Waals surface area contributed by atoms with Crippen LogP contribution in [-0.4, -0.2) is 39.9 Å². The van der Waals surface area contributed by atoms with Crippen molar-refractivity contribution in [2.75, 3.05) is 11.5 Å². The van der Waals surface area contributed by atoms with Crippen molar-refractivity contribution in [2.24, 2.45) is 0 Å². The molecule has 2 heterocycles. The first-order valence-electron chi connectivity index (χ1n) is 5.03. The molecule has 16 heavy (non-hydrogen) atoms. The van der Waals surface area contributed by atoms with Gasteiger partial charge in [-0.25, -0.2) is 14.8 Å². The second-order valence-electron chi connectivity index (χ2n) is 3.72. The summed E-state index contributed by atoms with van der Waals surface area (Å²) in [6.07, 6.45) is 0.424. The summed E-state index contributed by atoms with van der Waals surface area (Å²) in [6, 6.07) is 1.23. The van der Waals surface area contributed by atoms with Crippen LogP contribution in [0.1, 0.15) is 12.7 Å². The summed E-state index contributed by atoms with van der Waals surface area (Å²) in [5.74, 6) is 1.03. The highest BCUT2D eigenvalue weighted by atomic mass is 16.6. The van der Waals surface area contributed by atoms with Crippen molar-refractivity contribution < 1.29 is 14.6 Å². The van der Waals surface area contributed by atoms with Gasteiger partial charge in [0.15, 0.2) is 0 Å². The number of ether oxygens (including phenoxy) is 1. The van der Waals surface area contributed by atoms with Crippen LogP contribution >= 0.6 is 0 Å². The summed E-state index contributed by atoms with van der Waals surface area (Å²) < 4.78 is 4.90. The van der Waals surface area contributed by atoms with E-state index in [-0.39, 0.29) is 12.6 Å². The van der Waals surface area contributed by atoms with Crippen LogP contribution in [0.2, 0.25) is 0 Å². The van der Waals surface area contributed by atoms with Crippen molar-refractivity contribution in [2.45, 2.75) is 26.0 Å². The number of aliphatic hydroxyl groups excluding tert-OH is 1. The Kier molecular flexibility index (Phi) is 2.74. The Morgan fingerprint density at radius 2 is 2.44 bits per heavy atom. The minimum absolute atomic E-state index is 0.180. The van der Waals surface area contributed by atoms with E-state index in [1.54, 1.807) is 26.1 Å². The van der Waals surface area contributed by atoms with Crippen LogP contribution in [0, 0.1) is 6.92 Å². The van der Waals surface area contributed by atoms with Crippen LogP contribution in [0.3, 0.4) is 0 Å². The molecule has 1 fully saturated rings. The lowest BCUT2D eigenvalue weighted by atomic mass is 10.2. The summed E-state index contributed by atoms with van der Waals surface area (Å²) in [4.78, 5) is 21.0. The average Bonchev–Trinajstić information content (AvgIpc) is 2.60. The Balaban J connectivity index is 2.33. The number of carbonyl (C=O) groups is 1. The second-order valence-corrected chi connectivity index (χ2v) is 3.72. The van der Waals surface area contributed by atoms with Gasteiger partial charge in [-0.05, 0) is 19.9 Å². The molecule has 1 amide bonds. The fourth-order valence-electron chi connectivity index (χ4n) is 1.63. The van der Waals surface area contributed by atoms with E-state index < -0.39 is 12.2 Å². The van der Waals surface area contributed by atoms with Gasteiger partial charge in [0.05, 0.1) is 6.10 Å². The van der Waals surface area contributed by atoms with Gasteiger partial charge < -0.3 is 9.84 Å². The molecule has 6 nitrogen and oxygen atoms in total. The number of aromatic nitrogens is 2. The Hall–Kier alpha value is -1.69. The topological polar surface area (TPSA) is 75.6 Å². The molecule has 86 valence electrons. The van der Waals surface area contributed by atoms with Gasteiger partial charge in [0, 0.05) is 6.20 Å². The molecular weight excluding hydrogens is 210 g/mol. The standard InChI is InChI=1S/C10H13N3O3/c1-6(14)8-5-16-10(15)13(8)9-3-4-11-7(2)12-9/h3-4,6,8,14H,5H2,1-2H3. The minimum atomic E-state index is -0.665. The molecule has 6 heteroatoms. The van der Waals surface area contributed by atoms with Crippen LogP contribution in [0.4, 0.5) is 10.6 Å². The SMILES string of the molecule is Cc1nccc(N2C(=O)OCC2C(C)O)n1. The molecule has 1 N–H and O–H groups in total. The van der Waals surface area contributed by atoms with E-state index in [9.17, 15) is 9.90 Å². The highest BCUT2D eigenvalue weighted by Gasteiger charge is 2.37. The molecule has 0 bridgehead atoms. The lowest BCUT2D eigenvalue weighted by Crippen LogP contribution is -2.41. The third-order valence-corrected chi connectivity index (χ3v) is 2.47. The molecule has 0 aliphatic carbocycles. The van der Waals surface area contributed by atoms with E-state index in [1.807, 2.05) is 0 Å². The zero-order valence-corrected chi connectivity index (χ0v) is 9.12. The van der Waals surface area contributed by atoms with E-state index in [1.165, 1.54) is 4.90 Å². The third kappa shape index (κ3) is 1.83. The van der Waals surface area contributed by atoms with Crippen molar-refractivity contribution in [3.8, 4) is 0 Å². The van der Waals surface area contributed by atoms with Gasteiger partial charge in [-0.2, -0.15) is 0 Å². The van der Waals surface area contributed by atoms with E-state index in [0.717, 1.165) is 0 Å². The Morgan fingerprint density at radius 1 is 1.69 bits per heavy atom. The number of rotatable bonds is 2. The largest absolute Gasteiger partial charge is 0.447 e. The number of hydrogen-bond acceptors (Lipinski definition) is 5. The Bertz CT molecular complexity index is 408. The quantitative estimate of drug-likeness (QED) is 0.789. The maximum atomic E-state index is 11.5. The number of amides is 1. The molecule has 1 aromatic heterocycles. The van der Waals surface area contributed by atoms with E-state index in [4.69, 9.17) is 4.74 Å². The normalized spacial score (nSPS) is 22.1. The van der Waals surface area contributed by atoms with Crippen molar-refractivity contribution in [3.05, 3.63) is 18.1 Å². The molecule has 0 radical (unpaired) electrons. The molecular formula is C10H13N3O3. The minimum Gasteiger partial charge on any atom is -0.447 e. The van der Waals surface area contributed by atoms with Gasteiger partial charge in [0.2, 0.25) is 0 Å². The number of anilines is 1. The van der Waals surface area contributed by atoms with Crippen molar-refractivity contribution >= 4 is 11.9 Å². The van der Waals surface area contributed by atoms with Crippen molar-refractivity contribution in [1.29, 1.82) is 0 Å². The van der Waals surface area contributed by atoms with Crippen LogP contribution < -0.4 is 4.90 Å². The summed E-state index contributed by atoms with van der Waals surface area (Å²) in [7, 11) is 0. The Morgan fingerprint density at radius 3 is 3.06 bits per heavy atom. The fourth-order valence-corrected chi connectivity index (χ4v) is 1.63. The highest BCUT2D eigenvalue weighted by molar-refractivity contribution is 5.89. The molecule has 2 unspecified atom stereocenters. The summed E-state index contributed by atoms with van der Waals surface area (Å²) >= 11 is 0. The number of aliphatic hydroxyl groups is 1. The molecule has 0 saturated carbocycles. The second kappa shape index (κ2) is 4.05. The van der Waals surface area contributed by atoms with Gasteiger partial charge in [-0.15, -0.1) is 0 Å². The molecule has 2 rings (SSSR count). The maximum absolute atomic E-state index is 11.5. The monoisotopic (exact) mass is 223 g/mol.